The molecule has 6 heteroatoms. The van der Waals surface area contributed by atoms with E-state index >= 15 is 0 Å². The van der Waals surface area contributed by atoms with Gasteiger partial charge in [0.25, 0.3) is 0 Å². The highest BCUT2D eigenvalue weighted by atomic mass is 27.1. The third kappa shape index (κ3) is 5.79. The SMILES string of the molecule is O.O.O.O.[Al][c]1ccc(-c2cc[c]([Al])cc2)cc1. The van der Waals surface area contributed by atoms with Gasteiger partial charge in [0.15, 0.2) is 32.6 Å². The lowest BCUT2D eigenvalue weighted by molar-refractivity contribution is 0.823. The van der Waals surface area contributed by atoms with Crippen LogP contribution in [-0.2, 0) is 0 Å². The summed E-state index contributed by atoms with van der Waals surface area (Å²) in [4.78, 5) is 0. The zero-order chi connectivity index (χ0) is 9.97. The Labute approximate surface area is 123 Å². The van der Waals surface area contributed by atoms with Crippen molar-refractivity contribution < 1.29 is 21.9 Å². The van der Waals surface area contributed by atoms with Crippen LogP contribution in [0, 0.1) is 0 Å². The van der Waals surface area contributed by atoms with E-state index in [1.165, 1.54) is 20.0 Å². The molecule has 2 aromatic carbocycles. The molecule has 2 aromatic rings. The normalized spacial score (nSPS) is 7.78. The molecule has 0 aliphatic rings. The third-order valence-electron chi connectivity index (χ3n) is 2.15. The number of rotatable bonds is 1. The Morgan fingerprint density at radius 3 is 0.889 bits per heavy atom. The van der Waals surface area contributed by atoms with Gasteiger partial charge in [-0.3, -0.25) is 0 Å². The maximum Gasteiger partial charge on any atom is 0.175 e. The van der Waals surface area contributed by atoms with Crippen molar-refractivity contribution in [2.75, 3.05) is 0 Å². The van der Waals surface area contributed by atoms with Gasteiger partial charge in [-0.2, -0.15) is 0 Å². The van der Waals surface area contributed by atoms with E-state index in [1.807, 2.05) is 0 Å². The van der Waals surface area contributed by atoms with Crippen LogP contribution in [0.25, 0.3) is 11.1 Å². The van der Waals surface area contributed by atoms with Crippen molar-refractivity contribution in [3.63, 3.8) is 0 Å². The molecule has 0 saturated carbocycles. The molecule has 0 amide bonds. The fourth-order valence-electron chi connectivity index (χ4n) is 1.35. The van der Waals surface area contributed by atoms with Gasteiger partial charge in [-0.25, -0.2) is 0 Å². The van der Waals surface area contributed by atoms with Crippen LogP contribution < -0.4 is 8.85 Å². The second-order valence-corrected chi connectivity index (χ2v) is 4.58. The molecule has 0 aliphatic carbocycles. The lowest BCUT2D eigenvalue weighted by Gasteiger charge is -2.03. The van der Waals surface area contributed by atoms with Crippen LogP contribution in [0.2, 0.25) is 0 Å². The van der Waals surface area contributed by atoms with Gasteiger partial charge in [-0.15, -0.1) is 8.85 Å². The first-order chi connectivity index (χ1) is 6.75. The lowest BCUT2D eigenvalue weighted by Crippen LogP contribution is -2.01. The van der Waals surface area contributed by atoms with E-state index in [-0.39, 0.29) is 21.9 Å². The van der Waals surface area contributed by atoms with Crippen LogP contribution in [0.4, 0.5) is 0 Å². The Balaban J connectivity index is -0.000000562. The third-order valence-corrected chi connectivity index (χ3v) is 2.92. The van der Waals surface area contributed by atoms with Crippen molar-refractivity contribution in [1.82, 2.24) is 0 Å². The summed E-state index contributed by atoms with van der Waals surface area (Å²) >= 11 is 5.39. The largest absolute Gasteiger partial charge is 0.412 e. The van der Waals surface area contributed by atoms with Gasteiger partial charge in [0.05, 0.1) is 0 Å². The van der Waals surface area contributed by atoms with Gasteiger partial charge in [0, 0.05) is 0 Å². The standard InChI is InChI=1S/C12H8.2Al.4H2O/c1-3-7-11(8-4-1)12-9-5-2-6-10-12;;;;;;/h3-10H;;;4*1H2. The maximum absolute atomic E-state index is 2.69. The van der Waals surface area contributed by atoms with Gasteiger partial charge < -0.3 is 21.9 Å². The molecule has 0 spiro atoms. The molecule has 18 heavy (non-hydrogen) atoms. The molecule has 0 aromatic heterocycles. The summed E-state index contributed by atoms with van der Waals surface area (Å²) < 4.78 is 2.44. The van der Waals surface area contributed by atoms with Gasteiger partial charge in [0.1, 0.15) is 0 Å². The predicted octanol–water partition coefficient (Wildman–Crippen LogP) is -2.36. The van der Waals surface area contributed by atoms with Crippen LogP contribution in [0.3, 0.4) is 0 Å². The number of hydrogen-bond donors (Lipinski definition) is 0. The van der Waals surface area contributed by atoms with Gasteiger partial charge in [-0.1, -0.05) is 48.5 Å². The molecular weight excluding hydrogens is 262 g/mol. The Morgan fingerprint density at radius 2 is 0.667 bits per heavy atom. The summed E-state index contributed by atoms with van der Waals surface area (Å²) in [5.74, 6) is 0. The topological polar surface area (TPSA) is 126 Å². The lowest BCUT2D eigenvalue weighted by atomic mass is 10.1. The van der Waals surface area contributed by atoms with Crippen molar-refractivity contribution in [3.8, 4) is 11.1 Å². The Hall–Kier alpha value is -0.655. The maximum atomic E-state index is 2.69. The Morgan fingerprint density at radius 1 is 0.444 bits per heavy atom. The van der Waals surface area contributed by atoms with E-state index in [0.29, 0.717) is 0 Å². The molecule has 0 bridgehead atoms. The number of benzene rings is 2. The van der Waals surface area contributed by atoms with Crippen molar-refractivity contribution in [2.24, 2.45) is 0 Å². The Kier molecular flexibility index (Phi) is 12.9. The van der Waals surface area contributed by atoms with Gasteiger partial charge in [-0.05, 0) is 11.1 Å². The van der Waals surface area contributed by atoms with Gasteiger partial charge in [0.2, 0.25) is 0 Å². The van der Waals surface area contributed by atoms with Crippen molar-refractivity contribution in [1.29, 1.82) is 0 Å². The summed E-state index contributed by atoms with van der Waals surface area (Å²) in [6.07, 6.45) is 0. The minimum absolute atomic E-state index is 0. The van der Waals surface area contributed by atoms with Crippen LogP contribution in [0.15, 0.2) is 48.5 Å². The molecule has 0 fully saturated rings. The highest BCUT2D eigenvalue weighted by molar-refractivity contribution is 6.32. The van der Waals surface area contributed by atoms with Crippen molar-refractivity contribution >= 4 is 41.4 Å². The van der Waals surface area contributed by atoms with E-state index < -0.39 is 0 Å². The van der Waals surface area contributed by atoms with Crippen LogP contribution >= 0.6 is 0 Å². The smallest absolute Gasteiger partial charge is 0.175 e. The predicted molar refractivity (Wildman–Crippen MR) is 77.1 cm³/mol. The summed E-state index contributed by atoms with van der Waals surface area (Å²) in [7, 11) is 0. The summed E-state index contributed by atoms with van der Waals surface area (Å²) in [5, 5.41) is 0. The molecular formula is C12H16Al2O4. The average molecular weight is 278 g/mol. The molecule has 0 aliphatic heterocycles. The van der Waals surface area contributed by atoms with Crippen LogP contribution in [-0.4, -0.2) is 54.5 Å². The fraction of sp³-hybridized carbons (Fsp3) is 0. The fourth-order valence-corrected chi connectivity index (χ4v) is 1.74. The quantitative estimate of drug-likeness (QED) is 0.517. The molecule has 0 atom stereocenters. The second kappa shape index (κ2) is 10.3. The minimum atomic E-state index is 0. The second-order valence-electron chi connectivity index (χ2n) is 3.24. The van der Waals surface area contributed by atoms with Crippen molar-refractivity contribution in [2.45, 2.75) is 0 Å². The molecule has 94 valence electrons. The highest BCUT2D eigenvalue weighted by Gasteiger charge is 1.94. The van der Waals surface area contributed by atoms with Crippen molar-refractivity contribution in [3.05, 3.63) is 48.5 Å². The summed E-state index contributed by atoms with van der Waals surface area (Å²) in [6.45, 7) is 0. The highest BCUT2D eigenvalue weighted by Crippen LogP contribution is 2.16. The first kappa shape index (κ1) is 22.5. The molecule has 8 N–H and O–H groups in total. The molecule has 0 heterocycles. The first-order valence-corrected chi connectivity index (χ1v) is 5.62. The summed E-state index contributed by atoms with van der Waals surface area (Å²) in [6, 6.07) is 17.0. The number of hydrogen-bond acceptors (Lipinski definition) is 0. The zero-order valence-electron chi connectivity index (χ0n) is 9.77. The van der Waals surface area contributed by atoms with E-state index in [0.717, 1.165) is 0 Å². The van der Waals surface area contributed by atoms with E-state index in [9.17, 15) is 0 Å². The average Bonchev–Trinajstić information content (AvgIpc) is 2.21. The molecule has 2 rings (SSSR count). The first-order valence-electron chi connectivity index (χ1n) is 4.47. The minimum Gasteiger partial charge on any atom is -0.412 e. The van der Waals surface area contributed by atoms with Crippen LogP contribution in [0.1, 0.15) is 0 Å². The monoisotopic (exact) mass is 278 g/mol. The van der Waals surface area contributed by atoms with E-state index in [2.05, 4.69) is 81.1 Å². The molecule has 4 radical (unpaired) electrons. The Bertz CT molecular complexity index is 385. The van der Waals surface area contributed by atoms with E-state index in [4.69, 9.17) is 0 Å². The van der Waals surface area contributed by atoms with Crippen LogP contribution in [0.5, 0.6) is 0 Å². The summed E-state index contributed by atoms with van der Waals surface area (Å²) in [5.41, 5.74) is 2.53. The van der Waals surface area contributed by atoms with E-state index in [1.54, 1.807) is 0 Å². The molecule has 0 unspecified atom stereocenters. The zero-order valence-corrected chi connectivity index (χ0v) is 12.1. The van der Waals surface area contributed by atoms with Gasteiger partial charge >= 0.3 is 0 Å². The molecule has 4 nitrogen and oxygen atoms in total. The molecule has 0 saturated heterocycles.